The fourth-order valence-electron chi connectivity index (χ4n) is 2.69. The first-order valence-corrected chi connectivity index (χ1v) is 7.58. The molecule has 0 aliphatic heterocycles. The van der Waals surface area contributed by atoms with Crippen LogP contribution in [0.2, 0.25) is 0 Å². The monoisotopic (exact) mass is 301 g/mol. The predicted octanol–water partition coefficient (Wildman–Crippen LogP) is 1.94. The Morgan fingerprint density at radius 1 is 1.43 bits per heavy atom. The molecule has 0 unspecified atom stereocenters. The number of aryl methyl sites for hydroxylation is 3. The molecule has 6 heteroatoms. The number of fused-ring (bicyclic) bond motifs is 1. The molecule has 110 valence electrons. The third-order valence-corrected chi connectivity index (χ3v) is 4.12. The van der Waals surface area contributed by atoms with Crippen molar-refractivity contribution in [3.8, 4) is 0 Å². The fraction of sp³-hybridized carbons (Fsp3) is 0.400. The van der Waals surface area contributed by atoms with Gasteiger partial charge in [-0.05, 0) is 37.3 Å². The van der Waals surface area contributed by atoms with Gasteiger partial charge in [0.25, 0.3) is 0 Å². The molecule has 1 aliphatic carbocycles. The van der Waals surface area contributed by atoms with Gasteiger partial charge in [-0.15, -0.1) is 0 Å². The number of imidazole rings is 1. The van der Waals surface area contributed by atoms with Crippen molar-refractivity contribution in [3.05, 3.63) is 41.1 Å². The molecular weight excluding hydrogens is 282 g/mol. The topological polar surface area (TPSA) is 68.8 Å². The molecule has 0 saturated carbocycles. The van der Waals surface area contributed by atoms with Gasteiger partial charge in [-0.1, -0.05) is 12.2 Å². The maximum absolute atomic E-state index is 5.86. The number of thiocarbonyl (C=S) groups is 1. The van der Waals surface area contributed by atoms with E-state index in [1.165, 1.54) is 24.1 Å². The van der Waals surface area contributed by atoms with Crippen LogP contribution in [0.25, 0.3) is 0 Å². The second-order valence-electron chi connectivity index (χ2n) is 5.37. The molecule has 2 aromatic rings. The molecule has 0 bridgehead atoms. The normalized spacial score (nSPS) is 13.8. The van der Waals surface area contributed by atoms with E-state index in [4.69, 9.17) is 22.9 Å². The van der Waals surface area contributed by atoms with E-state index in [0.29, 0.717) is 11.5 Å². The molecule has 3 rings (SSSR count). The second kappa shape index (κ2) is 5.81. The number of nitrogens with two attached hydrogens (primary N) is 1. The lowest BCUT2D eigenvalue weighted by molar-refractivity contribution is 0.668. The first kappa shape index (κ1) is 14.0. The Morgan fingerprint density at radius 3 is 2.95 bits per heavy atom. The Labute approximate surface area is 129 Å². The molecule has 0 fully saturated rings. The Balaban J connectivity index is 1.89. The van der Waals surface area contributed by atoms with Crippen LogP contribution >= 0.6 is 12.2 Å². The molecule has 1 aliphatic rings. The van der Waals surface area contributed by atoms with Crippen molar-refractivity contribution in [1.82, 2.24) is 14.5 Å². The van der Waals surface area contributed by atoms with E-state index in [0.717, 1.165) is 30.0 Å². The maximum Gasteiger partial charge on any atom is 0.136 e. The van der Waals surface area contributed by atoms with E-state index < -0.39 is 0 Å². The van der Waals surface area contributed by atoms with Crippen LogP contribution in [0, 0.1) is 0 Å². The van der Waals surface area contributed by atoms with E-state index in [-0.39, 0.29) is 0 Å². The molecular formula is C15H19N5S. The zero-order chi connectivity index (χ0) is 14.8. The summed E-state index contributed by atoms with van der Waals surface area (Å²) in [5.74, 6) is 1.72. The number of rotatable bonds is 4. The molecule has 0 radical (unpaired) electrons. The molecule has 0 aromatic carbocycles. The van der Waals surface area contributed by atoms with Crippen molar-refractivity contribution in [3.63, 3.8) is 0 Å². The van der Waals surface area contributed by atoms with E-state index >= 15 is 0 Å². The lowest BCUT2D eigenvalue weighted by Crippen LogP contribution is -2.18. The van der Waals surface area contributed by atoms with Gasteiger partial charge in [-0.2, -0.15) is 0 Å². The second-order valence-corrected chi connectivity index (χ2v) is 5.81. The molecule has 2 aromatic heterocycles. The van der Waals surface area contributed by atoms with Crippen LogP contribution in [0.15, 0.2) is 18.5 Å². The Kier molecular flexibility index (Phi) is 3.88. The number of nitrogens with one attached hydrogen (secondary N) is 1. The van der Waals surface area contributed by atoms with Gasteiger partial charge in [0, 0.05) is 25.1 Å². The summed E-state index contributed by atoms with van der Waals surface area (Å²) in [5, 5.41) is 3.33. The smallest absolute Gasteiger partial charge is 0.136 e. The summed E-state index contributed by atoms with van der Waals surface area (Å²) in [7, 11) is 1.97. The summed E-state index contributed by atoms with van der Waals surface area (Å²) >= 11 is 5.17. The van der Waals surface area contributed by atoms with Crippen molar-refractivity contribution in [1.29, 1.82) is 0 Å². The van der Waals surface area contributed by atoms with Crippen LogP contribution < -0.4 is 11.1 Å². The first-order valence-electron chi connectivity index (χ1n) is 7.18. The molecule has 3 N–H and O–H groups in total. The highest BCUT2D eigenvalue weighted by Gasteiger charge is 2.16. The quantitative estimate of drug-likeness (QED) is 0.845. The third kappa shape index (κ3) is 2.90. The van der Waals surface area contributed by atoms with Crippen molar-refractivity contribution in [2.75, 3.05) is 5.32 Å². The molecule has 0 spiro atoms. The highest BCUT2D eigenvalue weighted by atomic mass is 32.1. The average molecular weight is 301 g/mol. The predicted molar refractivity (Wildman–Crippen MR) is 87.3 cm³/mol. The van der Waals surface area contributed by atoms with Gasteiger partial charge >= 0.3 is 0 Å². The summed E-state index contributed by atoms with van der Waals surface area (Å²) in [6, 6.07) is 2.10. The number of aromatic nitrogens is 3. The summed E-state index contributed by atoms with van der Waals surface area (Å²) in [6.07, 6.45) is 8.22. The summed E-state index contributed by atoms with van der Waals surface area (Å²) in [5.41, 5.74) is 9.14. The van der Waals surface area contributed by atoms with Crippen LogP contribution in [0.3, 0.4) is 0 Å². The third-order valence-electron chi connectivity index (χ3n) is 3.90. The molecule has 0 saturated heterocycles. The van der Waals surface area contributed by atoms with E-state index in [1.54, 1.807) is 6.20 Å². The van der Waals surface area contributed by atoms with Gasteiger partial charge in [-0.25, -0.2) is 9.97 Å². The van der Waals surface area contributed by atoms with Gasteiger partial charge in [0.15, 0.2) is 0 Å². The zero-order valence-electron chi connectivity index (χ0n) is 12.1. The minimum Gasteiger partial charge on any atom is -0.389 e. The summed E-state index contributed by atoms with van der Waals surface area (Å²) in [4.78, 5) is 9.44. The standard InChI is InChI=1S/C15H19N5S/c1-20-7-6-17-13(20)9-18-15-11(14(16)21)8-10-4-2-3-5-12(10)19-15/h6-8H,2-5,9H2,1H3,(H2,16,21)(H,18,19). The number of nitrogens with zero attached hydrogens (tertiary/aromatic N) is 3. The lowest BCUT2D eigenvalue weighted by atomic mass is 9.94. The van der Waals surface area contributed by atoms with Crippen molar-refractivity contribution in [2.24, 2.45) is 12.8 Å². The molecule has 21 heavy (non-hydrogen) atoms. The van der Waals surface area contributed by atoms with Gasteiger partial charge < -0.3 is 15.6 Å². The number of anilines is 1. The van der Waals surface area contributed by atoms with E-state index in [9.17, 15) is 0 Å². The van der Waals surface area contributed by atoms with Crippen molar-refractivity contribution < 1.29 is 0 Å². The molecule has 5 nitrogen and oxygen atoms in total. The van der Waals surface area contributed by atoms with Crippen LogP contribution in [0.4, 0.5) is 5.82 Å². The minimum absolute atomic E-state index is 0.387. The summed E-state index contributed by atoms with van der Waals surface area (Å²) in [6.45, 7) is 0.602. The minimum atomic E-state index is 0.387. The Bertz CT molecular complexity index is 677. The van der Waals surface area contributed by atoms with Crippen LogP contribution in [-0.4, -0.2) is 19.5 Å². The van der Waals surface area contributed by atoms with Gasteiger partial charge in [0.2, 0.25) is 0 Å². The average Bonchev–Trinajstić information content (AvgIpc) is 2.89. The molecule has 2 heterocycles. The maximum atomic E-state index is 5.86. The lowest BCUT2D eigenvalue weighted by Gasteiger charge is -2.19. The number of hydrogen-bond donors (Lipinski definition) is 2. The van der Waals surface area contributed by atoms with Gasteiger partial charge in [-0.3, -0.25) is 0 Å². The summed E-state index contributed by atoms with van der Waals surface area (Å²) < 4.78 is 1.98. The Hall–Kier alpha value is -1.95. The van der Waals surface area contributed by atoms with Crippen molar-refractivity contribution in [2.45, 2.75) is 32.2 Å². The van der Waals surface area contributed by atoms with Crippen LogP contribution in [0.5, 0.6) is 0 Å². The number of pyridine rings is 1. The highest BCUT2D eigenvalue weighted by molar-refractivity contribution is 7.80. The molecule has 0 atom stereocenters. The van der Waals surface area contributed by atoms with E-state index in [2.05, 4.69) is 16.4 Å². The first-order chi connectivity index (χ1) is 10.1. The van der Waals surface area contributed by atoms with E-state index in [1.807, 2.05) is 17.8 Å². The zero-order valence-corrected chi connectivity index (χ0v) is 12.9. The van der Waals surface area contributed by atoms with Gasteiger partial charge in [0.1, 0.15) is 16.6 Å². The van der Waals surface area contributed by atoms with Gasteiger partial charge in [0.05, 0.1) is 12.1 Å². The highest BCUT2D eigenvalue weighted by Crippen LogP contribution is 2.25. The SMILES string of the molecule is Cn1ccnc1CNc1nc2c(cc1C(N)=S)CCCC2. The number of hydrogen-bond acceptors (Lipinski definition) is 4. The largest absolute Gasteiger partial charge is 0.389 e. The van der Waals surface area contributed by atoms with Crippen LogP contribution in [-0.2, 0) is 26.4 Å². The fourth-order valence-corrected chi connectivity index (χ4v) is 2.84. The van der Waals surface area contributed by atoms with Crippen molar-refractivity contribution >= 4 is 23.0 Å². The Morgan fingerprint density at radius 2 is 2.24 bits per heavy atom. The molecule has 0 amide bonds. The van der Waals surface area contributed by atoms with Crippen LogP contribution in [0.1, 0.15) is 35.5 Å².